The Labute approximate surface area is 96.7 Å². The van der Waals surface area contributed by atoms with Gasteiger partial charge in [-0.15, -0.1) is 0 Å². The first-order chi connectivity index (χ1) is 7.66. The van der Waals surface area contributed by atoms with Crippen LogP contribution in [0.4, 0.5) is 10.1 Å². The molecule has 3 heteroatoms. The fourth-order valence-electron chi connectivity index (χ4n) is 2.17. The zero-order chi connectivity index (χ0) is 11.5. The second-order valence-corrected chi connectivity index (χ2v) is 4.60. The van der Waals surface area contributed by atoms with Crippen LogP contribution in [-0.4, -0.2) is 37.1 Å². The maximum Gasteiger partial charge on any atom is 0.125 e. The molecule has 0 bridgehead atoms. The molecule has 88 valence electrons. The number of rotatable bonds is 2. The molecule has 0 N–H and O–H groups in total. The number of nitrogens with zero attached hydrogens (tertiary/aromatic N) is 2. The van der Waals surface area contributed by atoms with Crippen molar-refractivity contribution in [2.75, 3.05) is 31.1 Å². The minimum absolute atomic E-state index is 0.149. The van der Waals surface area contributed by atoms with Gasteiger partial charge >= 0.3 is 0 Å². The maximum absolute atomic E-state index is 13.1. The summed E-state index contributed by atoms with van der Waals surface area (Å²) in [5.74, 6) is -0.149. The summed E-state index contributed by atoms with van der Waals surface area (Å²) in [5.41, 5.74) is 1.00. The van der Waals surface area contributed by atoms with Crippen LogP contribution in [-0.2, 0) is 0 Å². The highest BCUT2D eigenvalue weighted by Gasteiger charge is 2.18. The van der Waals surface area contributed by atoms with Gasteiger partial charge in [-0.3, -0.25) is 4.90 Å². The van der Waals surface area contributed by atoms with Gasteiger partial charge in [0.2, 0.25) is 0 Å². The summed E-state index contributed by atoms with van der Waals surface area (Å²) in [6, 6.07) is 7.47. The summed E-state index contributed by atoms with van der Waals surface area (Å²) in [5, 5.41) is 0. The molecular weight excluding hydrogens is 203 g/mol. The topological polar surface area (TPSA) is 6.48 Å². The quantitative estimate of drug-likeness (QED) is 0.758. The zero-order valence-corrected chi connectivity index (χ0v) is 9.99. The molecule has 1 fully saturated rings. The molecule has 2 rings (SSSR count). The van der Waals surface area contributed by atoms with E-state index in [-0.39, 0.29) is 5.82 Å². The van der Waals surface area contributed by atoms with Crippen molar-refractivity contribution in [1.29, 1.82) is 0 Å². The van der Waals surface area contributed by atoms with Crippen molar-refractivity contribution in [3.63, 3.8) is 0 Å². The molecule has 0 aliphatic carbocycles. The number of hydrogen-bond acceptors (Lipinski definition) is 2. The van der Waals surface area contributed by atoms with Gasteiger partial charge in [0.05, 0.1) is 0 Å². The fraction of sp³-hybridized carbons (Fsp3) is 0.538. The second-order valence-electron chi connectivity index (χ2n) is 4.60. The fourth-order valence-corrected chi connectivity index (χ4v) is 2.17. The summed E-state index contributed by atoms with van der Waals surface area (Å²) >= 11 is 0. The predicted octanol–water partition coefficient (Wildman–Crippen LogP) is 2.36. The van der Waals surface area contributed by atoms with Gasteiger partial charge in [-0.2, -0.15) is 0 Å². The molecular formula is C13H19FN2. The van der Waals surface area contributed by atoms with Gasteiger partial charge in [-0.1, -0.05) is 6.07 Å². The molecule has 2 nitrogen and oxygen atoms in total. The minimum atomic E-state index is -0.149. The van der Waals surface area contributed by atoms with Crippen molar-refractivity contribution < 1.29 is 4.39 Å². The van der Waals surface area contributed by atoms with Gasteiger partial charge in [0.15, 0.2) is 0 Å². The van der Waals surface area contributed by atoms with Gasteiger partial charge in [0.1, 0.15) is 5.82 Å². The van der Waals surface area contributed by atoms with E-state index in [4.69, 9.17) is 0 Å². The molecule has 0 unspecified atom stereocenters. The van der Waals surface area contributed by atoms with Gasteiger partial charge in [-0.25, -0.2) is 4.39 Å². The molecule has 1 aliphatic rings. The Hall–Kier alpha value is -1.09. The Morgan fingerprint density at radius 1 is 1.12 bits per heavy atom. The summed E-state index contributed by atoms with van der Waals surface area (Å²) < 4.78 is 13.1. The third-order valence-electron chi connectivity index (χ3n) is 3.22. The van der Waals surface area contributed by atoms with E-state index in [0.717, 1.165) is 31.9 Å². The van der Waals surface area contributed by atoms with E-state index in [2.05, 4.69) is 23.6 Å². The van der Waals surface area contributed by atoms with E-state index < -0.39 is 0 Å². The van der Waals surface area contributed by atoms with Crippen LogP contribution in [0.1, 0.15) is 13.8 Å². The lowest BCUT2D eigenvalue weighted by molar-refractivity contribution is 0.209. The number of piperazine rings is 1. The molecule has 0 radical (unpaired) electrons. The van der Waals surface area contributed by atoms with E-state index in [1.54, 1.807) is 12.1 Å². The van der Waals surface area contributed by atoms with E-state index in [9.17, 15) is 4.39 Å². The molecule has 1 aliphatic heterocycles. The first kappa shape index (κ1) is 11.4. The molecule has 0 aromatic heterocycles. The van der Waals surface area contributed by atoms with Gasteiger partial charge in [0.25, 0.3) is 0 Å². The summed E-state index contributed by atoms with van der Waals surface area (Å²) in [7, 11) is 0. The SMILES string of the molecule is CC(C)N1CCN(c2cccc(F)c2)CC1. The predicted molar refractivity (Wildman–Crippen MR) is 65.3 cm³/mol. The van der Waals surface area contributed by atoms with Gasteiger partial charge in [-0.05, 0) is 32.0 Å². The highest BCUT2D eigenvalue weighted by Crippen LogP contribution is 2.18. The number of halogens is 1. The zero-order valence-electron chi connectivity index (χ0n) is 9.99. The van der Waals surface area contributed by atoms with Crippen LogP contribution >= 0.6 is 0 Å². The normalized spacial score (nSPS) is 18.1. The van der Waals surface area contributed by atoms with Crippen LogP contribution in [0.5, 0.6) is 0 Å². The second kappa shape index (κ2) is 4.83. The van der Waals surface area contributed by atoms with Crippen molar-refractivity contribution in [1.82, 2.24) is 4.90 Å². The largest absolute Gasteiger partial charge is 0.369 e. The Bertz CT molecular complexity index is 344. The average molecular weight is 222 g/mol. The van der Waals surface area contributed by atoms with Gasteiger partial charge < -0.3 is 4.90 Å². The Morgan fingerprint density at radius 3 is 2.38 bits per heavy atom. The number of benzene rings is 1. The average Bonchev–Trinajstić information content (AvgIpc) is 2.29. The van der Waals surface area contributed by atoms with Crippen LogP contribution in [0.2, 0.25) is 0 Å². The molecule has 16 heavy (non-hydrogen) atoms. The van der Waals surface area contributed by atoms with Crippen molar-refractivity contribution in [2.45, 2.75) is 19.9 Å². The molecule has 1 aromatic carbocycles. The highest BCUT2D eigenvalue weighted by molar-refractivity contribution is 5.46. The smallest absolute Gasteiger partial charge is 0.125 e. The van der Waals surface area contributed by atoms with E-state index in [0.29, 0.717) is 6.04 Å². The Morgan fingerprint density at radius 2 is 1.81 bits per heavy atom. The molecule has 0 spiro atoms. The van der Waals surface area contributed by atoms with Crippen molar-refractivity contribution in [2.24, 2.45) is 0 Å². The van der Waals surface area contributed by atoms with Crippen molar-refractivity contribution in [3.8, 4) is 0 Å². The first-order valence-corrected chi connectivity index (χ1v) is 5.91. The Balaban J connectivity index is 1.99. The lowest BCUT2D eigenvalue weighted by atomic mass is 10.2. The number of anilines is 1. The van der Waals surface area contributed by atoms with Crippen LogP contribution in [0.15, 0.2) is 24.3 Å². The summed E-state index contributed by atoms with van der Waals surface area (Å²) in [4.78, 5) is 4.71. The molecule has 1 heterocycles. The maximum atomic E-state index is 13.1. The standard InChI is InChI=1S/C13H19FN2/c1-11(2)15-6-8-16(9-7-15)13-5-3-4-12(14)10-13/h3-5,10-11H,6-9H2,1-2H3. The lowest BCUT2D eigenvalue weighted by Gasteiger charge is -2.38. The van der Waals surface area contributed by atoms with Crippen molar-refractivity contribution >= 4 is 5.69 Å². The number of hydrogen-bond donors (Lipinski definition) is 0. The molecule has 0 atom stereocenters. The molecule has 1 aromatic rings. The summed E-state index contributed by atoms with van der Waals surface area (Å²) in [6.45, 7) is 8.54. The van der Waals surface area contributed by atoms with Crippen LogP contribution in [0.3, 0.4) is 0 Å². The summed E-state index contributed by atoms with van der Waals surface area (Å²) in [6.07, 6.45) is 0. The van der Waals surface area contributed by atoms with Crippen LogP contribution in [0, 0.1) is 5.82 Å². The third-order valence-corrected chi connectivity index (χ3v) is 3.22. The monoisotopic (exact) mass is 222 g/mol. The molecule has 1 saturated heterocycles. The van der Waals surface area contributed by atoms with E-state index >= 15 is 0 Å². The first-order valence-electron chi connectivity index (χ1n) is 5.91. The molecule has 0 amide bonds. The highest BCUT2D eigenvalue weighted by atomic mass is 19.1. The van der Waals surface area contributed by atoms with Crippen LogP contribution in [0.25, 0.3) is 0 Å². The van der Waals surface area contributed by atoms with Crippen molar-refractivity contribution in [3.05, 3.63) is 30.1 Å². The lowest BCUT2D eigenvalue weighted by Crippen LogP contribution is -2.48. The Kier molecular flexibility index (Phi) is 3.44. The van der Waals surface area contributed by atoms with E-state index in [1.807, 2.05) is 6.07 Å². The van der Waals surface area contributed by atoms with Crippen LogP contribution < -0.4 is 4.90 Å². The van der Waals surface area contributed by atoms with E-state index in [1.165, 1.54) is 6.07 Å². The van der Waals surface area contributed by atoms with Gasteiger partial charge in [0, 0.05) is 37.9 Å². The third kappa shape index (κ3) is 2.53. The minimum Gasteiger partial charge on any atom is -0.369 e. The molecule has 0 saturated carbocycles.